The predicted octanol–water partition coefficient (Wildman–Crippen LogP) is 3.05. The average Bonchev–Trinajstić information content (AvgIpc) is 2.72. The van der Waals surface area contributed by atoms with Crippen molar-refractivity contribution in [2.45, 2.75) is 38.5 Å². The molecule has 1 amide bonds. The Labute approximate surface area is 163 Å². The van der Waals surface area contributed by atoms with E-state index in [1.165, 1.54) is 11.1 Å². The highest BCUT2D eigenvalue weighted by Gasteiger charge is 2.35. The fraction of sp³-hybridized carbons (Fsp3) is 0.435. The van der Waals surface area contributed by atoms with E-state index < -0.39 is 5.41 Å². The van der Waals surface area contributed by atoms with Crippen molar-refractivity contribution in [3.8, 4) is 0 Å². The predicted molar refractivity (Wildman–Crippen MR) is 112 cm³/mol. The van der Waals surface area contributed by atoms with Crippen LogP contribution in [0.5, 0.6) is 0 Å². The van der Waals surface area contributed by atoms with Gasteiger partial charge in [0.25, 0.3) is 0 Å². The number of carbonyl (C=O) groups excluding carboxylic acids is 1. The number of nitrogens with two attached hydrogens (primary N) is 2. The van der Waals surface area contributed by atoms with Gasteiger partial charge in [0.1, 0.15) is 0 Å². The Balaban J connectivity index is 1.98. The van der Waals surface area contributed by atoms with Gasteiger partial charge in [0.2, 0.25) is 5.91 Å². The molecule has 5 N–H and O–H groups in total. The SMILES string of the molecule is NCCNC(=O)C(CN)(CCCc1ccccc1)CCCc1ccccc1. The number of nitrogens with one attached hydrogen (secondary N) is 1. The molecule has 0 aliphatic carbocycles. The summed E-state index contributed by atoms with van der Waals surface area (Å²) < 4.78 is 0. The van der Waals surface area contributed by atoms with Crippen molar-refractivity contribution in [3.63, 3.8) is 0 Å². The maximum atomic E-state index is 12.9. The zero-order valence-corrected chi connectivity index (χ0v) is 16.2. The van der Waals surface area contributed by atoms with Crippen LogP contribution in [-0.2, 0) is 17.6 Å². The largest absolute Gasteiger partial charge is 0.354 e. The van der Waals surface area contributed by atoms with Crippen LogP contribution in [0.1, 0.15) is 36.8 Å². The number of hydrogen-bond donors (Lipinski definition) is 3. The summed E-state index contributed by atoms with van der Waals surface area (Å²) in [4.78, 5) is 12.9. The van der Waals surface area contributed by atoms with Crippen molar-refractivity contribution >= 4 is 5.91 Å². The van der Waals surface area contributed by atoms with Crippen LogP contribution in [-0.4, -0.2) is 25.5 Å². The molecule has 2 rings (SSSR count). The Morgan fingerprint density at radius 3 is 1.70 bits per heavy atom. The van der Waals surface area contributed by atoms with Gasteiger partial charge in [-0.15, -0.1) is 0 Å². The number of benzene rings is 2. The third kappa shape index (κ3) is 6.81. The van der Waals surface area contributed by atoms with Crippen LogP contribution in [0.2, 0.25) is 0 Å². The van der Waals surface area contributed by atoms with Gasteiger partial charge in [0, 0.05) is 19.6 Å². The molecule has 4 nitrogen and oxygen atoms in total. The number of amides is 1. The number of aryl methyl sites for hydroxylation is 2. The van der Waals surface area contributed by atoms with Gasteiger partial charge in [-0.1, -0.05) is 60.7 Å². The van der Waals surface area contributed by atoms with Crippen LogP contribution in [0.3, 0.4) is 0 Å². The van der Waals surface area contributed by atoms with E-state index in [1.807, 2.05) is 12.1 Å². The molecular weight excluding hydrogens is 334 g/mol. The summed E-state index contributed by atoms with van der Waals surface area (Å²) >= 11 is 0. The standard InChI is InChI=1S/C23H33N3O/c24-17-18-26-22(27)23(19-25,15-7-13-20-9-3-1-4-10-20)16-8-14-21-11-5-2-6-12-21/h1-6,9-12H,7-8,13-19,24-25H2,(H,26,27). The average molecular weight is 368 g/mol. The molecule has 4 heteroatoms. The minimum atomic E-state index is -0.515. The maximum Gasteiger partial charge on any atom is 0.227 e. The van der Waals surface area contributed by atoms with E-state index in [1.54, 1.807) is 0 Å². The lowest BCUT2D eigenvalue weighted by atomic mass is 9.76. The molecule has 27 heavy (non-hydrogen) atoms. The van der Waals surface area contributed by atoms with E-state index >= 15 is 0 Å². The fourth-order valence-electron chi connectivity index (χ4n) is 3.57. The first-order valence-corrected chi connectivity index (χ1v) is 9.96. The van der Waals surface area contributed by atoms with Crippen molar-refractivity contribution in [1.29, 1.82) is 0 Å². The first kappa shape index (κ1) is 21.1. The maximum absolute atomic E-state index is 12.9. The molecule has 0 fully saturated rings. The zero-order chi connectivity index (χ0) is 19.4. The third-order valence-corrected chi connectivity index (χ3v) is 5.23. The Morgan fingerprint density at radius 1 is 0.815 bits per heavy atom. The zero-order valence-electron chi connectivity index (χ0n) is 16.2. The van der Waals surface area contributed by atoms with Gasteiger partial charge in [-0.2, -0.15) is 0 Å². The smallest absolute Gasteiger partial charge is 0.227 e. The molecule has 2 aromatic rings. The van der Waals surface area contributed by atoms with Gasteiger partial charge >= 0.3 is 0 Å². The summed E-state index contributed by atoms with van der Waals surface area (Å²) in [5.74, 6) is 0.0524. The normalized spacial score (nSPS) is 11.3. The van der Waals surface area contributed by atoms with Crippen LogP contribution < -0.4 is 16.8 Å². The van der Waals surface area contributed by atoms with Gasteiger partial charge in [-0.3, -0.25) is 4.79 Å². The number of carbonyl (C=O) groups is 1. The van der Waals surface area contributed by atoms with Crippen molar-refractivity contribution in [2.24, 2.45) is 16.9 Å². The van der Waals surface area contributed by atoms with Gasteiger partial charge in [-0.25, -0.2) is 0 Å². The molecular formula is C23H33N3O. The lowest BCUT2D eigenvalue weighted by Gasteiger charge is -2.31. The summed E-state index contributed by atoms with van der Waals surface area (Å²) in [6.07, 6.45) is 5.41. The Kier molecular flexibility index (Phi) is 9.02. The highest BCUT2D eigenvalue weighted by Crippen LogP contribution is 2.31. The molecule has 0 bridgehead atoms. The van der Waals surface area contributed by atoms with Crippen molar-refractivity contribution in [2.75, 3.05) is 19.6 Å². The second kappa shape index (κ2) is 11.5. The molecule has 0 spiro atoms. The van der Waals surface area contributed by atoms with E-state index in [0.717, 1.165) is 38.5 Å². The van der Waals surface area contributed by atoms with Crippen molar-refractivity contribution in [3.05, 3.63) is 71.8 Å². The number of hydrogen-bond acceptors (Lipinski definition) is 3. The molecule has 0 aromatic heterocycles. The second-order valence-electron chi connectivity index (χ2n) is 7.21. The molecule has 0 atom stereocenters. The molecule has 2 aromatic carbocycles. The minimum Gasteiger partial charge on any atom is -0.354 e. The van der Waals surface area contributed by atoms with Gasteiger partial charge < -0.3 is 16.8 Å². The topological polar surface area (TPSA) is 81.1 Å². The molecule has 0 aliphatic heterocycles. The Morgan fingerprint density at radius 2 is 1.30 bits per heavy atom. The summed E-state index contributed by atoms with van der Waals surface area (Å²) in [6.45, 7) is 1.31. The number of rotatable bonds is 12. The summed E-state index contributed by atoms with van der Waals surface area (Å²) in [7, 11) is 0. The molecule has 0 aliphatic rings. The van der Waals surface area contributed by atoms with Crippen LogP contribution in [0.4, 0.5) is 0 Å². The molecule has 0 heterocycles. The lowest BCUT2D eigenvalue weighted by Crippen LogP contribution is -2.47. The fourth-order valence-corrected chi connectivity index (χ4v) is 3.57. The monoisotopic (exact) mass is 367 g/mol. The van der Waals surface area contributed by atoms with E-state index in [-0.39, 0.29) is 5.91 Å². The van der Waals surface area contributed by atoms with Crippen LogP contribution >= 0.6 is 0 Å². The Bertz CT molecular complexity index is 612. The van der Waals surface area contributed by atoms with E-state index in [2.05, 4.69) is 53.8 Å². The molecule has 0 saturated carbocycles. The minimum absolute atomic E-state index is 0.0524. The van der Waals surface area contributed by atoms with Gasteiger partial charge in [0.15, 0.2) is 0 Å². The van der Waals surface area contributed by atoms with Crippen molar-refractivity contribution < 1.29 is 4.79 Å². The molecule has 0 unspecified atom stereocenters. The highest BCUT2D eigenvalue weighted by molar-refractivity contribution is 5.82. The first-order chi connectivity index (χ1) is 13.2. The molecule has 0 radical (unpaired) electrons. The quantitative estimate of drug-likeness (QED) is 0.539. The summed E-state index contributed by atoms with van der Waals surface area (Å²) in [5.41, 5.74) is 13.8. The summed E-state index contributed by atoms with van der Waals surface area (Å²) in [6, 6.07) is 20.8. The van der Waals surface area contributed by atoms with Crippen LogP contribution in [0.15, 0.2) is 60.7 Å². The molecule has 0 saturated heterocycles. The van der Waals surface area contributed by atoms with E-state index in [4.69, 9.17) is 11.5 Å². The van der Waals surface area contributed by atoms with E-state index in [9.17, 15) is 4.79 Å². The second-order valence-corrected chi connectivity index (χ2v) is 7.21. The molecule has 146 valence electrons. The lowest BCUT2D eigenvalue weighted by molar-refractivity contribution is -0.131. The van der Waals surface area contributed by atoms with E-state index in [0.29, 0.717) is 19.6 Å². The van der Waals surface area contributed by atoms with Gasteiger partial charge in [0.05, 0.1) is 5.41 Å². The van der Waals surface area contributed by atoms with Gasteiger partial charge in [-0.05, 0) is 49.7 Å². The third-order valence-electron chi connectivity index (χ3n) is 5.23. The first-order valence-electron chi connectivity index (χ1n) is 9.96. The summed E-state index contributed by atoms with van der Waals surface area (Å²) in [5, 5.41) is 2.98. The van der Waals surface area contributed by atoms with Crippen LogP contribution in [0, 0.1) is 5.41 Å². The van der Waals surface area contributed by atoms with Crippen molar-refractivity contribution in [1.82, 2.24) is 5.32 Å². The highest BCUT2D eigenvalue weighted by atomic mass is 16.2. The Hall–Kier alpha value is -2.17. The van der Waals surface area contributed by atoms with Crippen LogP contribution in [0.25, 0.3) is 0 Å².